The molecule has 0 fully saturated rings. The van der Waals surface area contributed by atoms with Crippen LogP contribution in [0.1, 0.15) is 0 Å². The van der Waals surface area contributed by atoms with Crippen molar-refractivity contribution < 1.29 is 18.8 Å². The Morgan fingerprint density at radius 3 is 2.75 bits per heavy atom. The average molecular weight is 224 g/mol. The standard InChI is InChI=1S/C10H9FN2O3/c1-15-9-3-6(11)5(2-7(9)14)8-4-10(12)13-16-8/h2-4,14H,1H3,(H2,12,13). The summed E-state index contributed by atoms with van der Waals surface area (Å²) in [5.41, 5.74) is 5.42. The van der Waals surface area contributed by atoms with Crippen LogP contribution in [0.15, 0.2) is 22.7 Å². The third-order valence-corrected chi connectivity index (χ3v) is 2.06. The number of anilines is 1. The van der Waals surface area contributed by atoms with Gasteiger partial charge >= 0.3 is 0 Å². The van der Waals surface area contributed by atoms with Gasteiger partial charge in [-0.15, -0.1) is 0 Å². The molecular formula is C10H9FN2O3. The van der Waals surface area contributed by atoms with E-state index in [0.717, 1.165) is 6.07 Å². The Kier molecular flexibility index (Phi) is 2.40. The van der Waals surface area contributed by atoms with Crippen molar-refractivity contribution in [1.29, 1.82) is 0 Å². The van der Waals surface area contributed by atoms with Gasteiger partial charge < -0.3 is 20.1 Å². The summed E-state index contributed by atoms with van der Waals surface area (Å²) >= 11 is 0. The van der Waals surface area contributed by atoms with Crippen LogP contribution in [0, 0.1) is 5.82 Å². The number of hydrogen-bond acceptors (Lipinski definition) is 5. The van der Waals surface area contributed by atoms with Crippen LogP contribution in [0.5, 0.6) is 11.5 Å². The number of phenols is 1. The first-order chi connectivity index (χ1) is 7.61. The molecule has 0 aliphatic heterocycles. The number of nitrogens with zero attached hydrogens (tertiary/aromatic N) is 1. The van der Waals surface area contributed by atoms with Gasteiger partial charge in [0.05, 0.1) is 12.7 Å². The van der Waals surface area contributed by atoms with Crippen LogP contribution >= 0.6 is 0 Å². The fourth-order valence-electron chi connectivity index (χ4n) is 1.31. The molecule has 84 valence electrons. The summed E-state index contributed by atoms with van der Waals surface area (Å²) in [6.45, 7) is 0. The number of aromatic nitrogens is 1. The van der Waals surface area contributed by atoms with Gasteiger partial charge in [0.1, 0.15) is 5.82 Å². The lowest BCUT2D eigenvalue weighted by molar-refractivity contribution is 0.370. The molecule has 16 heavy (non-hydrogen) atoms. The van der Waals surface area contributed by atoms with Crippen LogP contribution < -0.4 is 10.5 Å². The summed E-state index contributed by atoms with van der Waals surface area (Å²) in [5, 5.41) is 12.9. The molecule has 0 aliphatic rings. The topological polar surface area (TPSA) is 81.5 Å². The van der Waals surface area contributed by atoms with Crippen molar-refractivity contribution in [1.82, 2.24) is 5.16 Å². The summed E-state index contributed by atoms with van der Waals surface area (Å²) in [4.78, 5) is 0. The van der Waals surface area contributed by atoms with Crippen molar-refractivity contribution in [2.45, 2.75) is 0 Å². The smallest absolute Gasteiger partial charge is 0.172 e. The molecule has 2 aromatic rings. The number of benzene rings is 1. The lowest BCUT2D eigenvalue weighted by Gasteiger charge is -2.05. The highest BCUT2D eigenvalue weighted by Gasteiger charge is 2.14. The Morgan fingerprint density at radius 1 is 1.44 bits per heavy atom. The van der Waals surface area contributed by atoms with E-state index in [1.54, 1.807) is 0 Å². The van der Waals surface area contributed by atoms with Crippen LogP contribution in [0.25, 0.3) is 11.3 Å². The van der Waals surface area contributed by atoms with E-state index < -0.39 is 5.82 Å². The van der Waals surface area contributed by atoms with Crippen molar-refractivity contribution in [2.24, 2.45) is 0 Å². The molecule has 0 saturated carbocycles. The van der Waals surface area contributed by atoms with Gasteiger partial charge in [-0.3, -0.25) is 0 Å². The SMILES string of the molecule is COc1cc(F)c(-c2cc(N)no2)cc1O. The van der Waals surface area contributed by atoms with Crippen molar-refractivity contribution in [2.75, 3.05) is 12.8 Å². The van der Waals surface area contributed by atoms with E-state index in [0.29, 0.717) is 0 Å². The summed E-state index contributed by atoms with van der Waals surface area (Å²) in [7, 11) is 1.33. The Balaban J connectivity index is 2.54. The number of hydrogen-bond donors (Lipinski definition) is 2. The van der Waals surface area contributed by atoms with Gasteiger partial charge in [-0.05, 0) is 6.07 Å². The minimum atomic E-state index is -0.592. The highest BCUT2D eigenvalue weighted by atomic mass is 19.1. The predicted molar refractivity (Wildman–Crippen MR) is 54.5 cm³/mol. The van der Waals surface area contributed by atoms with Crippen LogP contribution in [-0.4, -0.2) is 17.4 Å². The first-order valence-corrected chi connectivity index (χ1v) is 4.41. The number of nitrogen functional groups attached to an aromatic ring is 1. The average Bonchev–Trinajstić information content (AvgIpc) is 2.67. The zero-order valence-electron chi connectivity index (χ0n) is 8.40. The molecule has 0 radical (unpaired) electrons. The van der Waals surface area contributed by atoms with Gasteiger partial charge in [0, 0.05) is 12.1 Å². The van der Waals surface area contributed by atoms with Crippen molar-refractivity contribution >= 4 is 5.82 Å². The molecule has 0 saturated heterocycles. The second-order valence-electron chi connectivity index (χ2n) is 3.12. The first-order valence-electron chi connectivity index (χ1n) is 4.41. The van der Waals surface area contributed by atoms with Crippen molar-refractivity contribution in [3.63, 3.8) is 0 Å². The summed E-state index contributed by atoms with van der Waals surface area (Å²) < 4.78 is 23.1. The maximum Gasteiger partial charge on any atom is 0.172 e. The number of aromatic hydroxyl groups is 1. The van der Waals surface area contributed by atoms with Gasteiger partial charge in [0.2, 0.25) is 0 Å². The van der Waals surface area contributed by atoms with Crippen molar-refractivity contribution in [3.8, 4) is 22.8 Å². The van der Waals surface area contributed by atoms with E-state index in [4.69, 9.17) is 15.0 Å². The summed E-state index contributed by atoms with van der Waals surface area (Å²) in [6, 6.07) is 3.61. The minimum absolute atomic E-state index is 0.0498. The number of halogens is 1. The first kappa shape index (κ1) is 10.3. The molecule has 2 rings (SSSR count). The number of phenolic OH excluding ortho intramolecular Hbond substituents is 1. The zero-order valence-corrected chi connectivity index (χ0v) is 8.40. The largest absolute Gasteiger partial charge is 0.504 e. The summed E-state index contributed by atoms with van der Waals surface area (Å²) in [6.07, 6.45) is 0. The van der Waals surface area contributed by atoms with Gasteiger partial charge in [0.15, 0.2) is 23.1 Å². The molecule has 5 nitrogen and oxygen atoms in total. The lowest BCUT2D eigenvalue weighted by atomic mass is 10.1. The van der Waals surface area contributed by atoms with Crippen LogP contribution in [0.2, 0.25) is 0 Å². The van der Waals surface area contributed by atoms with E-state index in [2.05, 4.69) is 5.16 Å². The summed E-state index contributed by atoms with van der Waals surface area (Å²) in [5.74, 6) is -0.439. The monoisotopic (exact) mass is 224 g/mol. The maximum absolute atomic E-state index is 13.6. The maximum atomic E-state index is 13.6. The van der Waals surface area contributed by atoms with Crippen molar-refractivity contribution in [3.05, 3.63) is 24.0 Å². The highest BCUT2D eigenvalue weighted by Crippen LogP contribution is 2.34. The zero-order chi connectivity index (χ0) is 11.7. The van der Waals surface area contributed by atoms with E-state index in [9.17, 15) is 9.50 Å². The van der Waals surface area contributed by atoms with E-state index in [1.807, 2.05) is 0 Å². The Hall–Kier alpha value is -2.24. The molecule has 1 heterocycles. The molecular weight excluding hydrogens is 215 g/mol. The number of methoxy groups -OCH3 is 1. The Morgan fingerprint density at radius 2 is 2.19 bits per heavy atom. The molecule has 0 spiro atoms. The number of rotatable bonds is 2. The molecule has 0 aliphatic carbocycles. The van der Waals surface area contributed by atoms with Gasteiger partial charge in [-0.1, -0.05) is 5.16 Å². The third kappa shape index (κ3) is 1.65. The van der Waals surface area contributed by atoms with Crippen LogP contribution in [-0.2, 0) is 0 Å². The van der Waals surface area contributed by atoms with Gasteiger partial charge in [-0.25, -0.2) is 4.39 Å². The van der Waals surface area contributed by atoms with E-state index in [-0.39, 0.29) is 28.6 Å². The molecule has 0 atom stereocenters. The van der Waals surface area contributed by atoms with Crippen LogP contribution in [0.4, 0.5) is 10.2 Å². The third-order valence-electron chi connectivity index (χ3n) is 2.06. The molecule has 3 N–H and O–H groups in total. The van der Waals surface area contributed by atoms with Gasteiger partial charge in [-0.2, -0.15) is 0 Å². The highest BCUT2D eigenvalue weighted by molar-refractivity contribution is 5.64. The number of ether oxygens (including phenoxy) is 1. The quantitative estimate of drug-likeness (QED) is 0.812. The van der Waals surface area contributed by atoms with Crippen LogP contribution in [0.3, 0.4) is 0 Å². The Bertz CT molecular complexity index is 525. The normalized spacial score (nSPS) is 10.4. The molecule has 6 heteroatoms. The molecule has 0 amide bonds. The fraction of sp³-hybridized carbons (Fsp3) is 0.100. The molecule has 0 bridgehead atoms. The second-order valence-corrected chi connectivity index (χ2v) is 3.12. The van der Waals surface area contributed by atoms with E-state index in [1.165, 1.54) is 19.2 Å². The molecule has 0 unspecified atom stereocenters. The Labute approximate surface area is 90.2 Å². The number of nitrogens with two attached hydrogens (primary N) is 1. The fourth-order valence-corrected chi connectivity index (χ4v) is 1.31. The molecule has 1 aromatic heterocycles. The van der Waals surface area contributed by atoms with E-state index >= 15 is 0 Å². The van der Waals surface area contributed by atoms with Gasteiger partial charge in [0.25, 0.3) is 0 Å². The lowest BCUT2D eigenvalue weighted by Crippen LogP contribution is -1.88. The second kappa shape index (κ2) is 3.73. The molecule has 1 aromatic carbocycles. The predicted octanol–water partition coefficient (Wildman–Crippen LogP) is 1.78. The minimum Gasteiger partial charge on any atom is -0.504 e.